The Morgan fingerprint density at radius 2 is 1.18 bits per heavy atom. The molecule has 1 saturated carbocycles. The number of rotatable bonds is 10. The van der Waals surface area contributed by atoms with Gasteiger partial charge in [0, 0.05) is 32.7 Å². The molecule has 0 bridgehead atoms. The van der Waals surface area contributed by atoms with Crippen molar-refractivity contribution >= 4 is 32.8 Å². The molecule has 5 heteroatoms. The lowest BCUT2D eigenvalue weighted by molar-refractivity contribution is 0.224. The Morgan fingerprint density at radius 3 is 1.87 bits per heavy atom. The van der Waals surface area contributed by atoms with Gasteiger partial charge in [-0.25, -0.2) is 9.97 Å². The maximum Gasteiger partial charge on any atom is 0.145 e. The molecule has 3 aromatic heterocycles. The molecule has 0 N–H and O–H groups in total. The van der Waals surface area contributed by atoms with Gasteiger partial charge < -0.3 is 4.74 Å². The molecule has 0 saturated heterocycles. The van der Waals surface area contributed by atoms with E-state index < -0.39 is 17.7 Å². The molecule has 1 aliphatic carbocycles. The first-order valence-corrected chi connectivity index (χ1v) is 23.6. The minimum absolute atomic E-state index is 0.311. The first kappa shape index (κ1) is 39.0. The second-order valence-corrected chi connectivity index (χ2v) is 19.5. The summed E-state index contributed by atoms with van der Waals surface area (Å²) in [5.41, 5.74) is 12.6. The number of imidazole rings is 1. The average Bonchev–Trinajstić information content (AvgIpc) is 3.90. The average molecular weight is 878 g/mol. The summed E-state index contributed by atoms with van der Waals surface area (Å²) < 4.78 is 39.8. The standard InChI is InChI=1S/C62H58N4O/c1-40(2)53-37-48(45-27-25-43(26-28-45)42-21-23-44(24-22-42)46-31-33-62(5,6)34-32-46)38-54(41(3)4)60(53)66-57-19-10-8-17-55(57)64-61(66)47-14-13-15-49(36-47)67-50-29-30-52-51-16-7-9-18-56(51)65(58(52)39-50)59-20-11-12-35-63-59/h7-30,35-41,46H,31-34H2,1-6H3/i40D,41D,46D. The summed E-state index contributed by atoms with van der Waals surface area (Å²) in [7, 11) is 0. The van der Waals surface area contributed by atoms with Gasteiger partial charge in [0.15, 0.2) is 0 Å². The topological polar surface area (TPSA) is 44.9 Å². The predicted molar refractivity (Wildman–Crippen MR) is 279 cm³/mol. The minimum atomic E-state index is -1.06. The molecule has 10 aromatic rings. The smallest absolute Gasteiger partial charge is 0.145 e. The van der Waals surface area contributed by atoms with Crippen LogP contribution < -0.4 is 4.74 Å². The third-order valence-corrected chi connectivity index (χ3v) is 13.9. The number of para-hydroxylation sites is 3. The second-order valence-electron chi connectivity index (χ2n) is 19.5. The minimum Gasteiger partial charge on any atom is -0.457 e. The number of ether oxygens (including phenoxy) is 1. The lowest BCUT2D eigenvalue weighted by atomic mass is 9.71. The summed E-state index contributed by atoms with van der Waals surface area (Å²) in [5.74, 6) is 0.239. The highest BCUT2D eigenvalue weighted by Crippen LogP contribution is 2.44. The largest absolute Gasteiger partial charge is 0.457 e. The molecular formula is C62H58N4O. The highest BCUT2D eigenvalue weighted by atomic mass is 16.5. The maximum absolute atomic E-state index is 9.72. The van der Waals surface area contributed by atoms with Crippen LogP contribution in [0.3, 0.4) is 0 Å². The molecule has 5 nitrogen and oxygen atoms in total. The third kappa shape index (κ3) is 8.01. The van der Waals surface area contributed by atoms with Crippen molar-refractivity contribution in [3.63, 3.8) is 0 Å². The first-order valence-electron chi connectivity index (χ1n) is 25.1. The molecular weight excluding hydrogens is 817 g/mol. The van der Waals surface area contributed by atoms with E-state index in [0.717, 1.165) is 115 Å². The SMILES string of the molecule is [2H]C(C)(C)c1cc(-c2ccc(-c3ccc(C4([2H])CCC(C)(C)CC4)cc3)cc2)cc(C([2H])(C)C)c1-n1c(-c2cccc(Oc3ccc4c5ccccc5n(-c5ccccn5)c4c3)c2)nc2ccccc21. The van der Waals surface area contributed by atoms with Crippen LogP contribution in [0.5, 0.6) is 11.5 Å². The number of fused-ring (bicyclic) bond motifs is 4. The molecule has 3 heterocycles. The van der Waals surface area contributed by atoms with Crippen LogP contribution in [0.15, 0.2) is 176 Å². The maximum atomic E-state index is 9.72. The monoisotopic (exact) mass is 877 g/mol. The zero-order valence-corrected chi connectivity index (χ0v) is 39.3. The number of aromatic nitrogens is 4. The lowest BCUT2D eigenvalue weighted by Crippen LogP contribution is -2.20. The Bertz CT molecular complexity index is 3530. The van der Waals surface area contributed by atoms with Gasteiger partial charge in [0.2, 0.25) is 0 Å². The quantitative estimate of drug-likeness (QED) is 0.137. The van der Waals surface area contributed by atoms with E-state index in [4.69, 9.17) is 14.7 Å². The number of nitrogens with zero attached hydrogens (tertiary/aromatic N) is 4. The highest BCUT2D eigenvalue weighted by molar-refractivity contribution is 6.09. The van der Waals surface area contributed by atoms with Crippen LogP contribution in [0.4, 0.5) is 0 Å². The third-order valence-electron chi connectivity index (χ3n) is 13.9. The fourth-order valence-electron chi connectivity index (χ4n) is 10.1. The van der Waals surface area contributed by atoms with E-state index in [1.165, 1.54) is 0 Å². The molecule has 11 rings (SSSR count). The zero-order valence-electron chi connectivity index (χ0n) is 42.3. The Balaban J connectivity index is 0.974. The van der Waals surface area contributed by atoms with Crippen LogP contribution in [0.1, 0.15) is 106 Å². The van der Waals surface area contributed by atoms with Gasteiger partial charge in [0.25, 0.3) is 0 Å². The van der Waals surface area contributed by atoms with E-state index in [0.29, 0.717) is 22.7 Å². The fraction of sp³-hybridized carbons (Fsp3) is 0.226. The van der Waals surface area contributed by atoms with Gasteiger partial charge in [-0.2, -0.15) is 0 Å². The van der Waals surface area contributed by atoms with Gasteiger partial charge in [0.05, 0.1) is 27.8 Å². The van der Waals surface area contributed by atoms with Crippen molar-refractivity contribution in [3.8, 4) is 56.6 Å². The highest BCUT2D eigenvalue weighted by Gasteiger charge is 2.28. The van der Waals surface area contributed by atoms with Crippen LogP contribution in [-0.2, 0) is 0 Å². The summed E-state index contributed by atoms with van der Waals surface area (Å²) in [6.07, 6.45) is 5.74. The van der Waals surface area contributed by atoms with Crippen molar-refractivity contribution in [2.75, 3.05) is 0 Å². The van der Waals surface area contributed by atoms with Crippen LogP contribution in [0.25, 0.3) is 78.0 Å². The number of hydrogen-bond donors (Lipinski definition) is 0. The molecule has 1 fully saturated rings. The summed E-state index contributed by atoms with van der Waals surface area (Å²) in [5, 5.41) is 2.26. The first-order chi connectivity index (χ1) is 33.5. The molecule has 0 atom stereocenters. The van der Waals surface area contributed by atoms with Crippen molar-refractivity contribution in [2.45, 2.75) is 84.9 Å². The van der Waals surface area contributed by atoms with E-state index in [1.807, 2.05) is 94.6 Å². The molecule has 0 amide bonds. The van der Waals surface area contributed by atoms with Gasteiger partial charge in [-0.3, -0.25) is 9.13 Å². The van der Waals surface area contributed by atoms with Crippen LogP contribution in [0.2, 0.25) is 0 Å². The van der Waals surface area contributed by atoms with E-state index >= 15 is 0 Å². The summed E-state index contributed by atoms with van der Waals surface area (Å²) >= 11 is 0. The van der Waals surface area contributed by atoms with E-state index in [1.54, 1.807) is 0 Å². The zero-order chi connectivity index (χ0) is 48.6. The molecule has 332 valence electrons. The van der Waals surface area contributed by atoms with Crippen molar-refractivity contribution < 1.29 is 8.85 Å². The van der Waals surface area contributed by atoms with Gasteiger partial charge >= 0.3 is 0 Å². The number of pyridine rings is 1. The van der Waals surface area contributed by atoms with Gasteiger partial charge in [0.1, 0.15) is 23.1 Å². The van der Waals surface area contributed by atoms with Crippen molar-refractivity contribution in [3.05, 3.63) is 193 Å². The van der Waals surface area contributed by atoms with Gasteiger partial charge in [-0.1, -0.05) is 139 Å². The van der Waals surface area contributed by atoms with Gasteiger partial charge in [-0.05, 0) is 154 Å². The Hall–Kier alpha value is -7.24. The normalized spacial score (nSPS) is 15.6. The summed E-state index contributed by atoms with van der Waals surface area (Å²) in [6, 6.07) is 58.2. The lowest BCUT2D eigenvalue weighted by Gasteiger charge is -2.34. The summed E-state index contributed by atoms with van der Waals surface area (Å²) in [6.45, 7) is 12.3. The van der Waals surface area contributed by atoms with Crippen LogP contribution >= 0.6 is 0 Å². The molecule has 0 radical (unpaired) electrons. The van der Waals surface area contributed by atoms with Gasteiger partial charge in [-0.15, -0.1) is 0 Å². The molecule has 7 aromatic carbocycles. The van der Waals surface area contributed by atoms with Crippen molar-refractivity contribution in [1.29, 1.82) is 0 Å². The Labute approximate surface area is 399 Å². The Kier molecular flexibility index (Phi) is 10.0. The Morgan fingerprint density at radius 1 is 0.567 bits per heavy atom. The van der Waals surface area contributed by atoms with Crippen molar-refractivity contribution in [1.82, 2.24) is 19.1 Å². The van der Waals surface area contributed by atoms with E-state index in [9.17, 15) is 4.11 Å². The molecule has 0 unspecified atom stereocenters. The van der Waals surface area contributed by atoms with E-state index in [2.05, 4.69) is 132 Å². The van der Waals surface area contributed by atoms with E-state index in [-0.39, 0.29) is 0 Å². The molecule has 0 spiro atoms. The molecule has 0 aliphatic heterocycles. The second kappa shape index (κ2) is 17.2. The van der Waals surface area contributed by atoms with Crippen molar-refractivity contribution in [2.24, 2.45) is 5.41 Å². The number of benzene rings is 7. The van der Waals surface area contributed by atoms with Crippen LogP contribution in [-0.4, -0.2) is 19.1 Å². The molecule has 67 heavy (non-hydrogen) atoms. The number of hydrogen-bond acceptors (Lipinski definition) is 3. The predicted octanol–water partition coefficient (Wildman–Crippen LogP) is 17.2. The summed E-state index contributed by atoms with van der Waals surface area (Å²) in [4.78, 5) is 10.00. The fourth-order valence-corrected chi connectivity index (χ4v) is 10.1. The van der Waals surface area contributed by atoms with Crippen LogP contribution in [0, 0.1) is 5.41 Å². The molecule has 1 aliphatic rings.